The molecule has 0 spiro atoms. The van der Waals surface area contributed by atoms with Crippen molar-refractivity contribution >= 4 is 17.4 Å². The van der Waals surface area contributed by atoms with Crippen molar-refractivity contribution in [2.45, 2.75) is 13.3 Å². The number of rotatable bonds is 3. The normalized spacial score (nSPS) is 13.8. The summed E-state index contributed by atoms with van der Waals surface area (Å²) in [4.78, 5) is 29.9. The molecule has 1 amide bonds. The Kier molecular flexibility index (Phi) is 3.06. The molecule has 20 heavy (non-hydrogen) atoms. The van der Waals surface area contributed by atoms with Crippen LogP contribution in [0.1, 0.15) is 21.6 Å². The quantitative estimate of drug-likeness (QED) is 0.800. The fourth-order valence-electron chi connectivity index (χ4n) is 2.53. The van der Waals surface area contributed by atoms with Crippen molar-refractivity contribution in [1.82, 2.24) is 4.98 Å². The number of fused-ring (bicyclic) bond motifs is 1. The van der Waals surface area contributed by atoms with Gasteiger partial charge in [-0.25, -0.2) is 0 Å². The number of Topliss-reactive ketones (excluding diaryl/α,β-unsaturated/α-hetero) is 1. The number of carbonyl (C=O) groups is 2. The highest BCUT2D eigenvalue weighted by Crippen LogP contribution is 2.32. The van der Waals surface area contributed by atoms with Gasteiger partial charge in [-0.2, -0.15) is 0 Å². The fraction of sp³-hybridized carbons (Fsp3) is 0.188. The first-order chi connectivity index (χ1) is 9.68. The van der Waals surface area contributed by atoms with E-state index >= 15 is 0 Å². The van der Waals surface area contributed by atoms with Gasteiger partial charge in [0.25, 0.3) is 11.7 Å². The van der Waals surface area contributed by atoms with Gasteiger partial charge in [0.2, 0.25) is 0 Å². The zero-order valence-corrected chi connectivity index (χ0v) is 11.2. The summed E-state index contributed by atoms with van der Waals surface area (Å²) in [6.07, 6.45) is 2.36. The minimum Gasteiger partial charge on any atom is -0.304 e. The van der Waals surface area contributed by atoms with Crippen molar-refractivity contribution in [3.8, 4) is 0 Å². The topological polar surface area (TPSA) is 50.3 Å². The molecule has 0 unspecified atom stereocenters. The largest absolute Gasteiger partial charge is 0.304 e. The van der Waals surface area contributed by atoms with Gasteiger partial charge in [-0.1, -0.05) is 18.2 Å². The highest BCUT2D eigenvalue weighted by molar-refractivity contribution is 6.52. The van der Waals surface area contributed by atoms with Crippen LogP contribution < -0.4 is 4.90 Å². The monoisotopic (exact) mass is 266 g/mol. The lowest BCUT2D eigenvalue weighted by molar-refractivity contribution is -0.114. The van der Waals surface area contributed by atoms with Gasteiger partial charge in [0.15, 0.2) is 0 Å². The van der Waals surface area contributed by atoms with E-state index in [4.69, 9.17) is 0 Å². The van der Waals surface area contributed by atoms with Crippen LogP contribution in [0.15, 0.2) is 42.6 Å². The summed E-state index contributed by atoms with van der Waals surface area (Å²) in [5.74, 6) is -0.852. The summed E-state index contributed by atoms with van der Waals surface area (Å²) in [5, 5.41) is 0. The van der Waals surface area contributed by atoms with E-state index in [2.05, 4.69) is 4.98 Å². The molecule has 1 aliphatic rings. The Balaban J connectivity index is 1.88. The molecule has 0 atom stereocenters. The van der Waals surface area contributed by atoms with Crippen molar-refractivity contribution in [2.75, 3.05) is 11.4 Å². The third kappa shape index (κ3) is 1.99. The number of aromatic nitrogens is 1. The number of carbonyl (C=O) groups excluding carboxylic acids is 2. The average Bonchev–Trinajstić information content (AvgIpc) is 2.72. The van der Waals surface area contributed by atoms with E-state index in [1.165, 1.54) is 0 Å². The van der Waals surface area contributed by atoms with Crippen molar-refractivity contribution in [3.05, 3.63) is 59.4 Å². The van der Waals surface area contributed by atoms with Crippen LogP contribution >= 0.6 is 0 Å². The number of amides is 1. The molecule has 100 valence electrons. The van der Waals surface area contributed by atoms with E-state index in [0.29, 0.717) is 18.5 Å². The second kappa shape index (κ2) is 4.89. The zero-order chi connectivity index (χ0) is 14.1. The Morgan fingerprint density at radius 3 is 2.70 bits per heavy atom. The van der Waals surface area contributed by atoms with Gasteiger partial charge in [0, 0.05) is 24.9 Å². The number of nitrogens with zero attached hydrogens (tertiary/aromatic N) is 2. The number of ketones is 1. The maximum Gasteiger partial charge on any atom is 0.299 e. The Morgan fingerprint density at radius 1 is 1.10 bits per heavy atom. The number of anilines is 1. The van der Waals surface area contributed by atoms with Crippen LogP contribution in [0.4, 0.5) is 5.69 Å². The van der Waals surface area contributed by atoms with Gasteiger partial charge in [-0.15, -0.1) is 0 Å². The number of aryl methyl sites for hydroxylation is 1. The maximum absolute atomic E-state index is 12.1. The average molecular weight is 266 g/mol. The molecule has 0 aliphatic carbocycles. The van der Waals surface area contributed by atoms with E-state index in [1.807, 2.05) is 37.3 Å². The molecule has 4 heteroatoms. The standard InChI is InChI=1S/C16H14N2O2/c1-11-5-4-7-13-14(11)18(16(20)15(13)19)10-8-12-6-2-3-9-17-12/h2-7,9H,8,10H2,1H3. The summed E-state index contributed by atoms with van der Waals surface area (Å²) in [6.45, 7) is 2.39. The predicted octanol–water partition coefficient (Wildman–Crippen LogP) is 2.16. The van der Waals surface area contributed by atoms with Crippen LogP contribution in [-0.4, -0.2) is 23.2 Å². The molecule has 0 fully saturated rings. The molecular weight excluding hydrogens is 252 g/mol. The van der Waals surface area contributed by atoms with E-state index in [-0.39, 0.29) is 0 Å². The molecule has 1 aromatic heterocycles. The lowest BCUT2D eigenvalue weighted by atomic mass is 10.1. The molecule has 0 radical (unpaired) electrons. The van der Waals surface area contributed by atoms with Gasteiger partial charge in [0.1, 0.15) is 0 Å². The van der Waals surface area contributed by atoms with Crippen LogP contribution in [-0.2, 0) is 11.2 Å². The summed E-state index contributed by atoms with van der Waals surface area (Å²) < 4.78 is 0. The Morgan fingerprint density at radius 2 is 1.95 bits per heavy atom. The number of para-hydroxylation sites is 1. The molecule has 0 N–H and O–H groups in total. The van der Waals surface area contributed by atoms with Crippen LogP contribution in [0.3, 0.4) is 0 Å². The second-order valence-electron chi connectivity index (χ2n) is 4.83. The molecule has 0 bridgehead atoms. The van der Waals surface area contributed by atoms with Crippen LogP contribution in [0.25, 0.3) is 0 Å². The molecule has 0 saturated carbocycles. The number of pyridine rings is 1. The molecule has 0 saturated heterocycles. The maximum atomic E-state index is 12.1. The van der Waals surface area contributed by atoms with Crippen molar-refractivity contribution in [3.63, 3.8) is 0 Å². The Bertz CT molecular complexity index is 680. The molecular formula is C16H14N2O2. The first-order valence-corrected chi connectivity index (χ1v) is 6.54. The van der Waals surface area contributed by atoms with Crippen molar-refractivity contribution in [1.29, 1.82) is 0 Å². The molecule has 2 aromatic rings. The highest BCUT2D eigenvalue weighted by atomic mass is 16.2. The summed E-state index contributed by atoms with van der Waals surface area (Å²) in [5.41, 5.74) is 3.12. The minimum atomic E-state index is -0.440. The first kappa shape index (κ1) is 12.5. The zero-order valence-electron chi connectivity index (χ0n) is 11.2. The molecule has 1 aliphatic heterocycles. The third-order valence-corrected chi connectivity index (χ3v) is 3.51. The fourth-order valence-corrected chi connectivity index (χ4v) is 2.53. The van der Waals surface area contributed by atoms with Crippen LogP contribution in [0.2, 0.25) is 0 Å². The second-order valence-corrected chi connectivity index (χ2v) is 4.83. The number of hydrogen-bond acceptors (Lipinski definition) is 3. The van der Waals surface area contributed by atoms with Crippen LogP contribution in [0, 0.1) is 6.92 Å². The van der Waals surface area contributed by atoms with Crippen molar-refractivity contribution in [2.24, 2.45) is 0 Å². The first-order valence-electron chi connectivity index (χ1n) is 6.54. The molecule has 1 aromatic carbocycles. The van der Waals surface area contributed by atoms with Gasteiger partial charge in [-0.3, -0.25) is 14.6 Å². The SMILES string of the molecule is Cc1cccc2c1N(CCc1ccccn1)C(=O)C2=O. The minimum absolute atomic E-state index is 0.412. The van der Waals surface area contributed by atoms with Gasteiger partial charge >= 0.3 is 0 Å². The smallest absolute Gasteiger partial charge is 0.299 e. The lowest BCUT2D eigenvalue weighted by Crippen LogP contribution is -2.32. The predicted molar refractivity (Wildman–Crippen MR) is 75.8 cm³/mol. The Labute approximate surface area is 117 Å². The molecule has 2 heterocycles. The van der Waals surface area contributed by atoms with E-state index in [1.54, 1.807) is 17.2 Å². The van der Waals surface area contributed by atoms with Gasteiger partial charge in [-0.05, 0) is 30.7 Å². The van der Waals surface area contributed by atoms with E-state index in [9.17, 15) is 9.59 Å². The third-order valence-electron chi connectivity index (χ3n) is 3.51. The number of hydrogen-bond donors (Lipinski definition) is 0. The van der Waals surface area contributed by atoms with Gasteiger partial charge in [0.05, 0.1) is 11.3 Å². The van der Waals surface area contributed by atoms with Crippen LogP contribution in [0.5, 0.6) is 0 Å². The highest BCUT2D eigenvalue weighted by Gasteiger charge is 2.36. The van der Waals surface area contributed by atoms with Crippen molar-refractivity contribution < 1.29 is 9.59 Å². The molecule has 3 rings (SSSR count). The lowest BCUT2D eigenvalue weighted by Gasteiger charge is -2.18. The van der Waals surface area contributed by atoms with E-state index < -0.39 is 11.7 Å². The molecule has 4 nitrogen and oxygen atoms in total. The Hall–Kier alpha value is -2.49. The summed E-state index contributed by atoms with van der Waals surface area (Å²) in [7, 11) is 0. The number of benzene rings is 1. The van der Waals surface area contributed by atoms with E-state index in [0.717, 1.165) is 16.9 Å². The van der Waals surface area contributed by atoms with Gasteiger partial charge < -0.3 is 4.90 Å². The summed E-state index contributed by atoms with van der Waals surface area (Å²) in [6, 6.07) is 11.1. The summed E-state index contributed by atoms with van der Waals surface area (Å²) >= 11 is 0.